The zero-order valence-electron chi connectivity index (χ0n) is 10.1. The molecule has 0 fully saturated rings. The Kier molecular flexibility index (Phi) is 3.88. The van der Waals surface area contributed by atoms with Crippen molar-refractivity contribution in [3.05, 3.63) is 34.8 Å². The predicted octanol–water partition coefficient (Wildman–Crippen LogP) is 2.04. The van der Waals surface area contributed by atoms with Gasteiger partial charge in [0.1, 0.15) is 11.3 Å². The molecule has 6 heteroatoms. The van der Waals surface area contributed by atoms with Gasteiger partial charge >= 0.3 is 0 Å². The van der Waals surface area contributed by atoms with E-state index in [1.54, 1.807) is 12.6 Å². The molecule has 0 aliphatic rings. The smallest absolute Gasteiger partial charge is 0.230 e. The molecule has 0 saturated carbocycles. The number of nitrogens with one attached hydrogen (secondary N) is 1. The van der Waals surface area contributed by atoms with Crippen molar-refractivity contribution < 1.29 is 9.53 Å². The number of ether oxygens (including phenoxy) is 1. The highest BCUT2D eigenvalue weighted by Crippen LogP contribution is 2.19. The molecular weight excluding hydrogens is 250 g/mol. The number of methoxy groups -OCH3 is 1. The van der Waals surface area contributed by atoms with Gasteiger partial charge < -0.3 is 10.1 Å². The predicted molar refractivity (Wildman–Crippen MR) is 70.0 cm³/mol. The normalized spacial score (nSPS) is 10.1. The van der Waals surface area contributed by atoms with Crippen LogP contribution in [0.3, 0.4) is 0 Å². The van der Waals surface area contributed by atoms with Crippen LogP contribution in [-0.4, -0.2) is 23.2 Å². The van der Waals surface area contributed by atoms with E-state index < -0.39 is 0 Å². The van der Waals surface area contributed by atoms with Gasteiger partial charge in [-0.05, 0) is 24.1 Å². The summed E-state index contributed by atoms with van der Waals surface area (Å²) in [5.41, 5.74) is 3.52. The van der Waals surface area contributed by atoms with E-state index in [1.807, 2.05) is 25.1 Å². The van der Waals surface area contributed by atoms with E-state index in [1.165, 1.54) is 11.3 Å². The Morgan fingerprint density at radius 1 is 1.50 bits per heavy atom. The summed E-state index contributed by atoms with van der Waals surface area (Å²) in [6.07, 6.45) is 0.288. The standard InChI is InChI=1S/C12H13N3O2S/c1-8-3-4-9(5-10(8)17-2)6-11(16)14-12-15-13-7-18-12/h3-5,7H,6H2,1-2H3,(H,14,15,16). The molecule has 5 nitrogen and oxygen atoms in total. The molecular formula is C12H13N3O2S. The van der Waals surface area contributed by atoms with Crippen LogP contribution in [0.4, 0.5) is 5.13 Å². The van der Waals surface area contributed by atoms with Crippen LogP contribution in [0.1, 0.15) is 11.1 Å². The van der Waals surface area contributed by atoms with E-state index in [4.69, 9.17) is 4.74 Å². The summed E-state index contributed by atoms with van der Waals surface area (Å²) >= 11 is 1.29. The van der Waals surface area contributed by atoms with E-state index in [0.717, 1.165) is 16.9 Å². The average molecular weight is 263 g/mol. The molecule has 0 unspecified atom stereocenters. The topological polar surface area (TPSA) is 64.1 Å². The molecule has 1 N–H and O–H groups in total. The van der Waals surface area contributed by atoms with Crippen LogP contribution in [0.15, 0.2) is 23.7 Å². The minimum Gasteiger partial charge on any atom is -0.496 e. The van der Waals surface area contributed by atoms with Crippen molar-refractivity contribution in [2.24, 2.45) is 0 Å². The summed E-state index contributed by atoms with van der Waals surface area (Å²) in [7, 11) is 1.62. The maximum atomic E-state index is 11.8. The van der Waals surface area contributed by atoms with E-state index in [-0.39, 0.29) is 12.3 Å². The second kappa shape index (κ2) is 5.59. The van der Waals surface area contributed by atoms with Gasteiger partial charge in [0.2, 0.25) is 11.0 Å². The lowest BCUT2D eigenvalue weighted by molar-refractivity contribution is -0.115. The number of amides is 1. The fourth-order valence-electron chi connectivity index (χ4n) is 1.55. The molecule has 2 aromatic rings. The summed E-state index contributed by atoms with van der Waals surface area (Å²) in [6, 6.07) is 5.72. The molecule has 2 rings (SSSR count). The van der Waals surface area contributed by atoms with Crippen molar-refractivity contribution in [3.8, 4) is 5.75 Å². The van der Waals surface area contributed by atoms with Gasteiger partial charge in [-0.1, -0.05) is 23.5 Å². The van der Waals surface area contributed by atoms with Gasteiger partial charge in [-0.15, -0.1) is 10.2 Å². The maximum Gasteiger partial charge on any atom is 0.230 e. The lowest BCUT2D eigenvalue weighted by Crippen LogP contribution is -2.14. The molecule has 1 aromatic heterocycles. The summed E-state index contributed by atoms with van der Waals surface area (Å²) < 4.78 is 5.22. The molecule has 1 aromatic carbocycles. The van der Waals surface area contributed by atoms with Gasteiger partial charge in [0.25, 0.3) is 0 Å². The molecule has 0 radical (unpaired) electrons. The van der Waals surface area contributed by atoms with Crippen LogP contribution in [0.5, 0.6) is 5.75 Å². The molecule has 1 heterocycles. The Labute approximate surface area is 109 Å². The number of aryl methyl sites for hydroxylation is 1. The van der Waals surface area contributed by atoms with Gasteiger partial charge in [0, 0.05) is 0 Å². The van der Waals surface area contributed by atoms with E-state index in [9.17, 15) is 4.79 Å². The summed E-state index contributed by atoms with van der Waals surface area (Å²) in [5.74, 6) is 0.675. The van der Waals surface area contributed by atoms with E-state index in [0.29, 0.717) is 5.13 Å². The van der Waals surface area contributed by atoms with Gasteiger partial charge in [0.05, 0.1) is 13.5 Å². The largest absolute Gasteiger partial charge is 0.496 e. The van der Waals surface area contributed by atoms with Crippen molar-refractivity contribution in [3.63, 3.8) is 0 Å². The number of carbonyl (C=O) groups excluding carboxylic acids is 1. The molecule has 0 aliphatic heterocycles. The SMILES string of the molecule is COc1cc(CC(=O)Nc2nncs2)ccc1C. The van der Waals surface area contributed by atoms with Crippen LogP contribution in [-0.2, 0) is 11.2 Å². The fraction of sp³-hybridized carbons (Fsp3) is 0.250. The fourth-order valence-corrected chi connectivity index (χ4v) is 2.01. The lowest BCUT2D eigenvalue weighted by Gasteiger charge is -2.07. The summed E-state index contributed by atoms with van der Waals surface area (Å²) in [6.45, 7) is 1.96. The Bertz CT molecular complexity index is 540. The first-order valence-corrected chi connectivity index (χ1v) is 6.26. The molecule has 18 heavy (non-hydrogen) atoms. The number of nitrogens with zero attached hydrogens (tertiary/aromatic N) is 2. The molecule has 0 atom stereocenters. The molecule has 0 aliphatic carbocycles. The average Bonchev–Trinajstić information content (AvgIpc) is 2.84. The highest BCUT2D eigenvalue weighted by atomic mass is 32.1. The third-order valence-electron chi connectivity index (χ3n) is 2.44. The summed E-state index contributed by atoms with van der Waals surface area (Å²) in [5, 5.41) is 10.6. The number of benzene rings is 1. The Morgan fingerprint density at radius 2 is 2.33 bits per heavy atom. The van der Waals surface area contributed by atoms with Gasteiger partial charge in [0.15, 0.2) is 0 Å². The van der Waals surface area contributed by atoms with Gasteiger partial charge in [-0.2, -0.15) is 0 Å². The third-order valence-corrected chi connectivity index (χ3v) is 3.05. The number of aromatic nitrogens is 2. The molecule has 0 spiro atoms. The Morgan fingerprint density at radius 3 is 3.00 bits per heavy atom. The second-order valence-electron chi connectivity index (χ2n) is 3.77. The quantitative estimate of drug-likeness (QED) is 0.916. The number of anilines is 1. The number of rotatable bonds is 4. The van der Waals surface area contributed by atoms with E-state index >= 15 is 0 Å². The lowest BCUT2D eigenvalue weighted by atomic mass is 10.1. The third kappa shape index (κ3) is 3.04. The van der Waals surface area contributed by atoms with Gasteiger partial charge in [-0.3, -0.25) is 4.79 Å². The number of hydrogen-bond acceptors (Lipinski definition) is 5. The molecule has 0 saturated heterocycles. The van der Waals surface area contributed by atoms with Crippen LogP contribution in [0.25, 0.3) is 0 Å². The maximum absolute atomic E-state index is 11.8. The zero-order valence-corrected chi connectivity index (χ0v) is 11.0. The highest BCUT2D eigenvalue weighted by molar-refractivity contribution is 7.13. The number of hydrogen-bond donors (Lipinski definition) is 1. The minimum absolute atomic E-state index is 0.113. The number of carbonyl (C=O) groups is 1. The van der Waals surface area contributed by atoms with Crippen molar-refractivity contribution in [1.82, 2.24) is 10.2 Å². The second-order valence-corrected chi connectivity index (χ2v) is 4.61. The van der Waals surface area contributed by atoms with Crippen LogP contribution < -0.4 is 10.1 Å². The highest BCUT2D eigenvalue weighted by Gasteiger charge is 2.07. The van der Waals surface area contributed by atoms with Gasteiger partial charge in [-0.25, -0.2) is 0 Å². The summed E-state index contributed by atoms with van der Waals surface area (Å²) in [4.78, 5) is 11.8. The Hall–Kier alpha value is -1.95. The molecule has 1 amide bonds. The zero-order chi connectivity index (χ0) is 13.0. The van der Waals surface area contributed by atoms with Crippen molar-refractivity contribution in [1.29, 1.82) is 0 Å². The first-order chi connectivity index (χ1) is 8.69. The van der Waals surface area contributed by atoms with E-state index in [2.05, 4.69) is 15.5 Å². The Balaban J connectivity index is 2.03. The molecule has 94 valence electrons. The first kappa shape index (κ1) is 12.5. The van der Waals surface area contributed by atoms with Crippen molar-refractivity contribution in [2.75, 3.05) is 12.4 Å². The molecule has 0 bridgehead atoms. The van der Waals surface area contributed by atoms with Crippen LogP contribution >= 0.6 is 11.3 Å². The van der Waals surface area contributed by atoms with Crippen LogP contribution in [0, 0.1) is 6.92 Å². The monoisotopic (exact) mass is 263 g/mol. The minimum atomic E-state index is -0.113. The van der Waals surface area contributed by atoms with Crippen molar-refractivity contribution in [2.45, 2.75) is 13.3 Å². The first-order valence-electron chi connectivity index (χ1n) is 5.38. The van der Waals surface area contributed by atoms with Crippen molar-refractivity contribution >= 4 is 22.4 Å². The van der Waals surface area contributed by atoms with Crippen LogP contribution in [0.2, 0.25) is 0 Å².